The number of benzene rings is 2. The summed E-state index contributed by atoms with van der Waals surface area (Å²) in [5.74, 6) is -1.95. The van der Waals surface area contributed by atoms with Gasteiger partial charge in [-0.3, -0.25) is 14.9 Å². The lowest BCUT2D eigenvalue weighted by atomic mass is 10.2. The summed E-state index contributed by atoms with van der Waals surface area (Å²) in [5.41, 5.74) is 0.221. The molecule has 3 aromatic rings. The Hall–Kier alpha value is -4.09. The Morgan fingerprint density at radius 1 is 1.23 bits per heavy atom. The molecule has 0 radical (unpaired) electrons. The molecule has 0 aliphatic rings. The van der Waals surface area contributed by atoms with E-state index in [1.54, 1.807) is 13.0 Å². The van der Waals surface area contributed by atoms with Crippen molar-refractivity contribution in [3.8, 4) is 11.5 Å². The average molecular weight is 436 g/mol. The number of nitrogens with one attached hydrogen (secondary N) is 1. The summed E-state index contributed by atoms with van der Waals surface area (Å²) >= 11 is 0. The van der Waals surface area contributed by atoms with Crippen LogP contribution in [0.5, 0.6) is 11.5 Å². The van der Waals surface area contributed by atoms with Gasteiger partial charge in [-0.25, -0.2) is 9.07 Å². The lowest BCUT2D eigenvalue weighted by molar-refractivity contribution is -0.386. The molecule has 0 aliphatic carbocycles. The highest BCUT2D eigenvalue weighted by atomic mass is 19.3. The van der Waals surface area contributed by atoms with E-state index in [0.29, 0.717) is 5.56 Å². The molecule has 0 atom stereocenters. The number of nitro groups is 1. The maximum Gasteiger partial charge on any atom is 0.387 e. The number of hydrogen-bond donors (Lipinski definition) is 1. The Labute approximate surface area is 173 Å². The van der Waals surface area contributed by atoms with E-state index in [4.69, 9.17) is 4.74 Å². The highest BCUT2D eigenvalue weighted by Gasteiger charge is 2.18. The Morgan fingerprint density at radius 3 is 2.71 bits per heavy atom. The van der Waals surface area contributed by atoms with Gasteiger partial charge in [-0.2, -0.15) is 13.9 Å². The van der Waals surface area contributed by atoms with Gasteiger partial charge >= 0.3 is 12.3 Å². The minimum atomic E-state index is -3.07. The van der Waals surface area contributed by atoms with Crippen LogP contribution in [-0.4, -0.2) is 27.2 Å². The molecule has 0 spiro atoms. The molecule has 0 fully saturated rings. The van der Waals surface area contributed by atoms with E-state index < -0.39 is 28.9 Å². The van der Waals surface area contributed by atoms with Crippen molar-refractivity contribution in [3.05, 3.63) is 75.9 Å². The van der Waals surface area contributed by atoms with Crippen LogP contribution in [0.15, 0.2) is 48.7 Å². The Morgan fingerprint density at radius 2 is 2.00 bits per heavy atom. The van der Waals surface area contributed by atoms with Crippen LogP contribution in [0.3, 0.4) is 0 Å². The van der Waals surface area contributed by atoms with Crippen molar-refractivity contribution in [2.24, 2.45) is 0 Å². The number of rotatable bonds is 8. The lowest BCUT2D eigenvalue weighted by Crippen LogP contribution is -2.16. The molecular weight excluding hydrogens is 421 g/mol. The molecule has 12 heteroatoms. The molecule has 31 heavy (non-hydrogen) atoms. The number of ether oxygens (including phenoxy) is 2. The highest BCUT2D eigenvalue weighted by molar-refractivity contribution is 6.03. The van der Waals surface area contributed by atoms with E-state index in [-0.39, 0.29) is 29.6 Å². The summed E-state index contributed by atoms with van der Waals surface area (Å²) in [6.07, 6.45) is 1.35. The van der Waals surface area contributed by atoms with Crippen LogP contribution in [0.25, 0.3) is 0 Å². The summed E-state index contributed by atoms with van der Waals surface area (Å²) < 4.78 is 49.3. The van der Waals surface area contributed by atoms with E-state index in [9.17, 15) is 28.1 Å². The third kappa shape index (κ3) is 5.50. The number of alkyl halides is 2. The molecule has 0 bridgehead atoms. The Balaban J connectivity index is 1.71. The van der Waals surface area contributed by atoms with Gasteiger partial charge in [-0.05, 0) is 36.8 Å². The first-order valence-corrected chi connectivity index (χ1v) is 8.70. The van der Waals surface area contributed by atoms with Crippen LogP contribution in [0.2, 0.25) is 0 Å². The second-order valence-corrected chi connectivity index (χ2v) is 6.22. The molecule has 0 unspecified atom stereocenters. The number of carbonyl (C=O) groups is 1. The zero-order valence-electron chi connectivity index (χ0n) is 15.9. The van der Waals surface area contributed by atoms with Crippen molar-refractivity contribution in [2.45, 2.75) is 20.3 Å². The summed E-state index contributed by atoms with van der Waals surface area (Å²) in [6.45, 7) is -1.71. The first kappa shape index (κ1) is 21.6. The number of aryl methyl sites for hydroxylation is 1. The molecule has 0 saturated heterocycles. The fraction of sp³-hybridized carbons (Fsp3) is 0.158. The van der Waals surface area contributed by atoms with Crippen molar-refractivity contribution >= 4 is 17.3 Å². The minimum absolute atomic E-state index is 0.0338. The molecule has 0 aliphatic heterocycles. The van der Waals surface area contributed by atoms with Gasteiger partial charge in [-0.1, -0.05) is 6.07 Å². The van der Waals surface area contributed by atoms with Crippen LogP contribution >= 0.6 is 0 Å². The molecule has 1 amide bonds. The molecule has 1 aromatic heterocycles. The average Bonchev–Trinajstić information content (AvgIpc) is 3.17. The maximum atomic E-state index is 13.4. The number of nitro benzene ring substituents is 1. The predicted octanol–water partition coefficient (Wildman–Crippen LogP) is 4.13. The quantitative estimate of drug-likeness (QED) is 0.420. The van der Waals surface area contributed by atoms with Crippen LogP contribution in [0.1, 0.15) is 16.1 Å². The van der Waals surface area contributed by atoms with Gasteiger partial charge in [0.15, 0.2) is 12.4 Å². The monoisotopic (exact) mass is 436 g/mol. The van der Waals surface area contributed by atoms with E-state index in [1.165, 1.54) is 24.4 Å². The van der Waals surface area contributed by atoms with Crippen molar-refractivity contribution < 1.29 is 32.4 Å². The Bertz CT molecular complexity index is 1120. The first-order chi connectivity index (χ1) is 14.7. The predicted molar refractivity (Wildman–Crippen MR) is 102 cm³/mol. The first-order valence-electron chi connectivity index (χ1n) is 8.70. The zero-order valence-corrected chi connectivity index (χ0v) is 15.9. The second-order valence-electron chi connectivity index (χ2n) is 6.22. The number of carbonyl (C=O) groups excluding carboxylic acids is 1. The smallest absolute Gasteiger partial charge is 0.387 e. The van der Waals surface area contributed by atoms with Crippen LogP contribution in [0.4, 0.5) is 24.5 Å². The van der Waals surface area contributed by atoms with Crippen LogP contribution < -0.4 is 14.8 Å². The van der Waals surface area contributed by atoms with E-state index in [2.05, 4.69) is 15.2 Å². The van der Waals surface area contributed by atoms with Gasteiger partial charge in [0.25, 0.3) is 5.91 Å². The normalized spacial score (nSPS) is 10.7. The minimum Gasteiger partial charge on any atom is -0.464 e. The maximum absolute atomic E-state index is 13.4. The highest BCUT2D eigenvalue weighted by Crippen LogP contribution is 2.29. The molecular formula is C19H15F3N4O5. The molecule has 1 heterocycles. The van der Waals surface area contributed by atoms with Gasteiger partial charge in [0.1, 0.15) is 11.6 Å². The number of halogens is 3. The topological polar surface area (TPSA) is 109 Å². The van der Waals surface area contributed by atoms with Crippen molar-refractivity contribution in [3.63, 3.8) is 0 Å². The van der Waals surface area contributed by atoms with Crippen LogP contribution in [-0.2, 0) is 6.73 Å². The molecule has 2 aromatic carbocycles. The molecule has 1 N–H and O–H groups in total. The van der Waals surface area contributed by atoms with Crippen molar-refractivity contribution in [1.82, 2.24) is 9.78 Å². The molecule has 162 valence electrons. The number of nitrogens with zero attached hydrogens (tertiary/aromatic N) is 3. The third-order valence-corrected chi connectivity index (χ3v) is 3.94. The fourth-order valence-corrected chi connectivity index (χ4v) is 2.57. The van der Waals surface area contributed by atoms with Crippen LogP contribution in [0, 0.1) is 22.9 Å². The third-order valence-electron chi connectivity index (χ3n) is 3.94. The number of anilines is 1. The van der Waals surface area contributed by atoms with E-state index in [1.807, 2.05) is 0 Å². The van der Waals surface area contributed by atoms with Gasteiger partial charge in [0.2, 0.25) is 5.75 Å². The SMILES string of the molecule is Cc1ccc(OC(F)F)c(NC(=O)c2ccn(COc3cc(F)ccc3[N+](=O)[O-])n2)c1. The van der Waals surface area contributed by atoms with E-state index >= 15 is 0 Å². The Kier molecular flexibility index (Phi) is 6.38. The molecule has 9 nitrogen and oxygen atoms in total. The largest absolute Gasteiger partial charge is 0.464 e. The molecule has 3 rings (SSSR count). The summed E-state index contributed by atoms with van der Waals surface area (Å²) in [7, 11) is 0. The van der Waals surface area contributed by atoms with E-state index in [0.717, 1.165) is 22.9 Å². The van der Waals surface area contributed by atoms with Crippen molar-refractivity contribution in [2.75, 3.05) is 5.32 Å². The van der Waals surface area contributed by atoms with Crippen molar-refractivity contribution in [1.29, 1.82) is 0 Å². The fourth-order valence-electron chi connectivity index (χ4n) is 2.57. The standard InChI is InChI=1S/C19H15F3N4O5/c1-11-2-5-16(31-19(21)22)14(8-11)23-18(27)13-6-7-25(24-13)10-30-17-9-12(20)3-4-15(17)26(28)29/h2-9,19H,10H2,1H3,(H,23,27). The number of hydrogen-bond acceptors (Lipinski definition) is 6. The van der Waals surface area contributed by atoms with Gasteiger partial charge < -0.3 is 14.8 Å². The van der Waals surface area contributed by atoms with Gasteiger partial charge in [0.05, 0.1) is 10.6 Å². The number of amides is 1. The molecule has 0 saturated carbocycles. The van der Waals surface area contributed by atoms with Gasteiger partial charge in [0, 0.05) is 18.3 Å². The number of aromatic nitrogens is 2. The zero-order chi connectivity index (χ0) is 22.5. The summed E-state index contributed by atoms with van der Waals surface area (Å²) in [4.78, 5) is 22.7. The van der Waals surface area contributed by atoms with Gasteiger partial charge in [-0.15, -0.1) is 0 Å². The summed E-state index contributed by atoms with van der Waals surface area (Å²) in [5, 5.41) is 17.4. The lowest BCUT2D eigenvalue weighted by Gasteiger charge is -2.12. The second kappa shape index (κ2) is 9.15. The summed E-state index contributed by atoms with van der Waals surface area (Å²) in [6, 6.07) is 8.38.